The second-order valence-corrected chi connectivity index (χ2v) is 5.89. The van der Waals surface area contributed by atoms with Crippen LogP contribution in [0.4, 0.5) is 5.13 Å². The van der Waals surface area contributed by atoms with E-state index >= 15 is 0 Å². The van der Waals surface area contributed by atoms with E-state index < -0.39 is 6.04 Å². The molecule has 116 valence electrons. The zero-order valence-electron chi connectivity index (χ0n) is 12.6. The first-order chi connectivity index (χ1) is 10.5. The van der Waals surface area contributed by atoms with Crippen molar-refractivity contribution in [3.05, 3.63) is 47.0 Å². The summed E-state index contributed by atoms with van der Waals surface area (Å²) in [6.07, 6.45) is 0.391. The minimum Gasteiger partial charge on any atom is -0.319 e. The number of rotatable bonds is 6. The summed E-state index contributed by atoms with van der Waals surface area (Å²) in [5.41, 5.74) is 7.42. The predicted molar refractivity (Wildman–Crippen MR) is 88.2 cm³/mol. The van der Waals surface area contributed by atoms with Gasteiger partial charge in [-0.25, -0.2) is 4.98 Å². The minimum atomic E-state index is -0.684. The Balaban J connectivity index is 2.02. The maximum absolute atomic E-state index is 12.2. The van der Waals surface area contributed by atoms with E-state index in [1.807, 2.05) is 37.3 Å². The van der Waals surface area contributed by atoms with Crippen molar-refractivity contribution in [3.8, 4) is 0 Å². The molecule has 6 heteroatoms. The Hall–Kier alpha value is -2.05. The van der Waals surface area contributed by atoms with Gasteiger partial charge in [-0.1, -0.05) is 44.2 Å². The van der Waals surface area contributed by atoms with Gasteiger partial charge in [0.15, 0.2) is 10.9 Å². The number of Topliss-reactive ketones (excluding diaryl/α,β-unsaturated/α-hetero) is 1. The van der Waals surface area contributed by atoms with E-state index in [0.717, 1.165) is 5.56 Å². The Morgan fingerprint density at radius 1 is 1.32 bits per heavy atom. The van der Waals surface area contributed by atoms with E-state index in [2.05, 4.69) is 10.3 Å². The van der Waals surface area contributed by atoms with E-state index in [-0.39, 0.29) is 17.6 Å². The molecule has 0 unspecified atom stereocenters. The molecule has 1 heterocycles. The maximum Gasteiger partial charge on any atom is 0.243 e. The molecule has 1 aromatic carbocycles. The van der Waals surface area contributed by atoms with E-state index in [9.17, 15) is 9.59 Å². The zero-order valence-corrected chi connectivity index (χ0v) is 13.4. The molecule has 0 saturated carbocycles. The molecule has 0 spiro atoms. The van der Waals surface area contributed by atoms with E-state index in [0.29, 0.717) is 17.2 Å². The maximum atomic E-state index is 12.2. The smallest absolute Gasteiger partial charge is 0.243 e. The first kappa shape index (κ1) is 16.3. The number of benzene rings is 1. The van der Waals surface area contributed by atoms with Gasteiger partial charge in [0.25, 0.3) is 0 Å². The van der Waals surface area contributed by atoms with Crippen LogP contribution >= 0.6 is 11.3 Å². The highest BCUT2D eigenvalue weighted by Gasteiger charge is 2.23. The van der Waals surface area contributed by atoms with Crippen LogP contribution in [0.5, 0.6) is 0 Å². The molecule has 3 N–H and O–H groups in total. The van der Waals surface area contributed by atoms with Gasteiger partial charge in [0.2, 0.25) is 5.91 Å². The average Bonchev–Trinajstić information content (AvgIpc) is 3.01. The molecular formula is C16H19N3O2S. The summed E-state index contributed by atoms with van der Waals surface area (Å²) in [6, 6.07) is 8.96. The van der Waals surface area contributed by atoms with Crippen molar-refractivity contribution in [2.45, 2.75) is 32.2 Å². The van der Waals surface area contributed by atoms with Crippen molar-refractivity contribution in [1.82, 2.24) is 4.98 Å². The summed E-state index contributed by atoms with van der Waals surface area (Å²) in [6.45, 7) is 3.69. The highest BCUT2D eigenvalue weighted by atomic mass is 32.1. The lowest BCUT2D eigenvalue weighted by Crippen LogP contribution is -2.39. The fraction of sp³-hybridized carbons (Fsp3) is 0.312. The molecule has 22 heavy (non-hydrogen) atoms. The third kappa shape index (κ3) is 3.78. The highest BCUT2D eigenvalue weighted by molar-refractivity contribution is 7.14. The quantitative estimate of drug-likeness (QED) is 0.802. The first-order valence-corrected chi connectivity index (χ1v) is 8.01. The van der Waals surface area contributed by atoms with Crippen molar-refractivity contribution in [2.24, 2.45) is 5.73 Å². The van der Waals surface area contributed by atoms with Crippen LogP contribution < -0.4 is 11.1 Å². The van der Waals surface area contributed by atoms with Gasteiger partial charge in [-0.05, 0) is 5.56 Å². The molecule has 1 amide bonds. The molecule has 0 fully saturated rings. The number of aromatic nitrogens is 1. The monoisotopic (exact) mass is 317 g/mol. The number of amides is 1. The standard InChI is InChI=1S/C16H19N3O2S/c1-3-13(20)12-9-22-16(18-12)19-15(21)14(17)10(2)11-7-5-4-6-8-11/h4-10,14H,3,17H2,1-2H3,(H,18,19,21)/t10-,14-/m0/s1. The number of thiazole rings is 1. The summed E-state index contributed by atoms with van der Waals surface area (Å²) in [5.74, 6) is -0.460. The molecule has 0 aliphatic rings. The topological polar surface area (TPSA) is 85.1 Å². The number of carbonyl (C=O) groups is 2. The van der Waals surface area contributed by atoms with Gasteiger partial charge in [-0.15, -0.1) is 11.3 Å². The highest BCUT2D eigenvalue weighted by Crippen LogP contribution is 2.21. The third-order valence-corrected chi connectivity index (χ3v) is 4.27. The van der Waals surface area contributed by atoms with E-state index in [1.165, 1.54) is 11.3 Å². The van der Waals surface area contributed by atoms with Crippen molar-refractivity contribution in [3.63, 3.8) is 0 Å². The summed E-state index contributed by atoms with van der Waals surface area (Å²) in [4.78, 5) is 27.9. The zero-order chi connectivity index (χ0) is 16.1. The van der Waals surface area contributed by atoms with Crippen LogP contribution in [0.2, 0.25) is 0 Å². The van der Waals surface area contributed by atoms with Crippen LogP contribution in [0.15, 0.2) is 35.7 Å². The molecule has 0 saturated heterocycles. The minimum absolute atomic E-state index is 0.0429. The van der Waals surface area contributed by atoms with Crippen molar-refractivity contribution in [2.75, 3.05) is 5.32 Å². The predicted octanol–water partition coefficient (Wildman–Crippen LogP) is 2.81. The fourth-order valence-electron chi connectivity index (χ4n) is 2.02. The second kappa shape index (κ2) is 7.29. The van der Waals surface area contributed by atoms with Gasteiger partial charge >= 0.3 is 0 Å². The summed E-state index contributed by atoms with van der Waals surface area (Å²) < 4.78 is 0. The van der Waals surface area contributed by atoms with Gasteiger partial charge < -0.3 is 11.1 Å². The molecule has 0 aliphatic carbocycles. The number of anilines is 1. The molecular weight excluding hydrogens is 298 g/mol. The fourth-order valence-corrected chi connectivity index (χ4v) is 2.74. The van der Waals surface area contributed by atoms with Gasteiger partial charge in [-0.2, -0.15) is 0 Å². The lowest BCUT2D eigenvalue weighted by Gasteiger charge is -2.19. The van der Waals surface area contributed by atoms with Gasteiger partial charge in [0.05, 0.1) is 6.04 Å². The van der Waals surface area contributed by atoms with Crippen molar-refractivity contribution < 1.29 is 9.59 Å². The van der Waals surface area contributed by atoms with Crippen LogP contribution in [0.25, 0.3) is 0 Å². The molecule has 0 bridgehead atoms. The number of nitrogens with zero attached hydrogens (tertiary/aromatic N) is 1. The van der Waals surface area contributed by atoms with Crippen molar-refractivity contribution in [1.29, 1.82) is 0 Å². The summed E-state index contributed by atoms with van der Waals surface area (Å²) >= 11 is 1.23. The number of hydrogen-bond donors (Lipinski definition) is 2. The van der Waals surface area contributed by atoms with Crippen LogP contribution in [-0.2, 0) is 4.79 Å². The largest absolute Gasteiger partial charge is 0.319 e. The lowest BCUT2D eigenvalue weighted by atomic mass is 9.93. The van der Waals surface area contributed by atoms with Crippen molar-refractivity contribution >= 4 is 28.2 Å². The lowest BCUT2D eigenvalue weighted by molar-refractivity contribution is -0.117. The molecule has 0 aliphatic heterocycles. The van der Waals surface area contributed by atoms with E-state index in [4.69, 9.17) is 5.73 Å². The molecule has 2 aromatic rings. The molecule has 2 rings (SSSR count). The number of nitrogens with two attached hydrogens (primary N) is 1. The Morgan fingerprint density at radius 2 is 2.00 bits per heavy atom. The average molecular weight is 317 g/mol. The number of nitrogens with one attached hydrogen (secondary N) is 1. The van der Waals surface area contributed by atoms with Crippen LogP contribution in [0.1, 0.15) is 42.2 Å². The Kier molecular flexibility index (Phi) is 5.41. The number of carbonyl (C=O) groups excluding carboxylic acids is 2. The number of hydrogen-bond acceptors (Lipinski definition) is 5. The molecule has 1 aromatic heterocycles. The second-order valence-electron chi connectivity index (χ2n) is 5.03. The first-order valence-electron chi connectivity index (χ1n) is 7.13. The Bertz CT molecular complexity index is 654. The van der Waals surface area contributed by atoms with E-state index in [1.54, 1.807) is 12.3 Å². The van der Waals surface area contributed by atoms with Crippen LogP contribution in [0, 0.1) is 0 Å². The van der Waals surface area contributed by atoms with Gasteiger partial charge in [0.1, 0.15) is 5.69 Å². The third-order valence-electron chi connectivity index (χ3n) is 3.51. The normalized spacial score (nSPS) is 13.4. The van der Waals surface area contributed by atoms with Crippen LogP contribution in [0.3, 0.4) is 0 Å². The Morgan fingerprint density at radius 3 is 2.64 bits per heavy atom. The van der Waals surface area contributed by atoms with Gasteiger partial charge in [0, 0.05) is 17.7 Å². The molecule has 0 radical (unpaired) electrons. The van der Waals surface area contributed by atoms with Crippen LogP contribution in [-0.4, -0.2) is 22.7 Å². The number of ketones is 1. The Labute approximate surface area is 133 Å². The molecule has 2 atom stereocenters. The summed E-state index contributed by atoms with van der Waals surface area (Å²) in [7, 11) is 0. The molecule has 5 nitrogen and oxygen atoms in total. The SMILES string of the molecule is CCC(=O)c1csc(NC(=O)[C@@H](N)[C@@H](C)c2ccccc2)n1. The van der Waals surface area contributed by atoms with Gasteiger partial charge in [-0.3, -0.25) is 9.59 Å². The summed E-state index contributed by atoms with van der Waals surface area (Å²) in [5, 5.41) is 4.73.